The first kappa shape index (κ1) is 21.9. The number of carbonyl (C=O) groups is 3. The molecule has 156 valence electrons. The van der Waals surface area contributed by atoms with E-state index in [0.717, 1.165) is 12.8 Å². The van der Waals surface area contributed by atoms with Crippen molar-refractivity contribution in [1.82, 2.24) is 20.7 Å². The van der Waals surface area contributed by atoms with Gasteiger partial charge in [-0.1, -0.05) is 32.3 Å². The predicted molar refractivity (Wildman–Crippen MR) is 104 cm³/mol. The smallest absolute Gasteiger partial charge is 0.225 e. The minimum Gasteiger partial charge on any atom is -0.361 e. The van der Waals surface area contributed by atoms with Crippen molar-refractivity contribution in [3.8, 4) is 0 Å². The van der Waals surface area contributed by atoms with E-state index in [4.69, 9.17) is 4.52 Å². The summed E-state index contributed by atoms with van der Waals surface area (Å²) >= 11 is 0. The number of likely N-dealkylation sites (N-methyl/N-ethyl adjacent to an activating group) is 1. The summed E-state index contributed by atoms with van der Waals surface area (Å²) in [5.41, 5.74) is 0.172. The van der Waals surface area contributed by atoms with E-state index >= 15 is 0 Å². The van der Waals surface area contributed by atoms with Gasteiger partial charge in [0.1, 0.15) is 11.5 Å². The molecular weight excluding hydrogens is 360 g/mol. The van der Waals surface area contributed by atoms with E-state index in [9.17, 15) is 14.4 Å². The topological polar surface area (TPSA) is 105 Å². The Labute approximate surface area is 166 Å². The summed E-state index contributed by atoms with van der Waals surface area (Å²) in [6.45, 7) is 8.11. The van der Waals surface area contributed by atoms with E-state index < -0.39 is 5.41 Å². The van der Waals surface area contributed by atoms with E-state index in [1.54, 1.807) is 24.9 Å². The maximum atomic E-state index is 12.6. The highest BCUT2D eigenvalue weighted by atomic mass is 16.5. The zero-order chi connectivity index (χ0) is 20.9. The molecule has 2 heterocycles. The van der Waals surface area contributed by atoms with Gasteiger partial charge in [0, 0.05) is 43.5 Å². The van der Waals surface area contributed by atoms with E-state index in [-0.39, 0.29) is 42.6 Å². The lowest BCUT2D eigenvalue weighted by Gasteiger charge is -2.27. The van der Waals surface area contributed by atoms with Gasteiger partial charge < -0.3 is 20.1 Å². The number of nitrogens with one attached hydrogen (secondary N) is 2. The summed E-state index contributed by atoms with van der Waals surface area (Å²) < 4.78 is 5.00. The molecule has 1 aromatic heterocycles. The van der Waals surface area contributed by atoms with Crippen LogP contribution < -0.4 is 10.6 Å². The zero-order valence-electron chi connectivity index (χ0n) is 17.5. The molecule has 1 aliphatic heterocycles. The summed E-state index contributed by atoms with van der Waals surface area (Å²) in [6, 6.07) is 1.66. The highest BCUT2D eigenvalue weighted by molar-refractivity contribution is 5.86. The van der Waals surface area contributed by atoms with Crippen LogP contribution >= 0.6 is 0 Å². The first-order chi connectivity index (χ1) is 13.1. The van der Waals surface area contributed by atoms with Gasteiger partial charge in [0.25, 0.3) is 0 Å². The molecule has 8 heteroatoms. The van der Waals surface area contributed by atoms with Gasteiger partial charge in [-0.25, -0.2) is 0 Å². The monoisotopic (exact) mass is 392 g/mol. The fraction of sp³-hybridized carbons (Fsp3) is 0.700. The molecule has 2 unspecified atom stereocenters. The number of hydrogen-bond donors (Lipinski definition) is 2. The second-order valence-electron chi connectivity index (χ2n) is 8.67. The van der Waals surface area contributed by atoms with Gasteiger partial charge in [-0.15, -0.1) is 0 Å². The minimum atomic E-state index is -0.483. The maximum Gasteiger partial charge on any atom is 0.225 e. The van der Waals surface area contributed by atoms with Gasteiger partial charge in [0.05, 0.1) is 6.54 Å². The average molecular weight is 393 g/mol. The van der Waals surface area contributed by atoms with Crippen molar-refractivity contribution in [3.63, 3.8) is 0 Å². The Balaban J connectivity index is 1.96. The van der Waals surface area contributed by atoms with Gasteiger partial charge in [0.15, 0.2) is 0 Å². The molecule has 0 aliphatic carbocycles. The van der Waals surface area contributed by atoms with Crippen LogP contribution in [0.25, 0.3) is 0 Å². The molecule has 8 nitrogen and oxygen atoms in total. The third kappa shape index (κ3) is 6.35. The standard InChI is InChI=1S/C20H32N4O4/c1-13-9-16(23-28-13)11-21-18(26)14-7-6-8-15(12-24(5)17(25)10-14)22-19(27)20(2,3)4/h9,14-15H,6-8,10-12H2,1-5H3,(H,21,26)(H,22,27). The average Bonchev–Trinajstić information content (AvgIpc) is 3.04. The van der Waals surface area contributed by atoms with Gasteiger partial charge in [-0.3, -0.25) is 14.4 Å². The quantitative estimate of drug-likeness (QED) is 0.813. The summed E-state index contributed by atoms with van der Waals surface area (Å²) in [7, 11) is 1.72. The molecule has 1 aromatic rings. The maximum absolute atomic E-state index is 12.6. The van der Waals surface area contributed by atoms with Gasteiger partial charge in [-0.05, 0) is 19.8 Å². The molecule has 0 radical (unpaired) electrons. The van der Waals surface area contributed by atoms with E-state index in [0.29, 0.717) is 24.4 Å². The van der Waals surface area contributed by atoms with Crippen LogP contribution in [-0.4, -0.2) is 47.4 Å². The fourth-order valence-corrected chi connectivity index (χ4v) is 3.17. The molecule has 0 bridgehead atoms. The Morgan fingerprint density at radius 3 is 2.64 bits per heavy atom. The molecular formula is C20H32N4O4. The Bertz CT molecular complexity index is 707. The zero-order valence-corrected chi connectivity index (χ0v) is 17.5. The number of rotatable bonds is 4. The molecule has 1 saturated heterocycles. The van der Waals surface area contributed by atoms with Crippen molar-refractivity contribution >= 4 is 17.7 Å². The highest BCUT2D eigenvalue weighted by Crippen LogP contribution is 2.20. The first-order valence-electron chi connectivity index (χ1n) is 9.81. The summed E-state index contributed by atoms with van der Waals surface area (Å²) in [6.07, 6.45) is 2.26. The first-order valence-corrected chi connectivity index (χ1v) is 9.81. The number of aromatic nitrogens is 1. The van der Waals surface area contributed by atoms with Gasteiger partial charge >= 0.3 is 0 Å². The van der Waals surface area contributed by atoms with Crippen molar-refractivity contribution in [2.45, 2.75) is 66.0 Å². The third-order valence-electron chi connectivity index (χ3n) is 4.95. The number of amides is 3. The highest BCUT2D eigenvalue weighted by Gasteiger charge is 2.29. The largest absolute Gasteiger partial charge is 0.361 e. The summed E-state index contributed by atoms with van der Waals surface area (Å²) in [5.74, 6) is 0.0237. The number of nitrogens with zero attached hydrogens (tertiary/aromatic N) is 2. The Hall–Kier alpha value is -2.38. The van der Waals surface area contributed by atoms with Crippen molar-refractivity contribution in [1.29, 1.82) is 0 Å². The normalized spacial score (nSPS) is 21.5. The molecule has 0 spiro atoms. The van der Waals surface area contributed by atoms with E-state index in [2.05, 4.69) is 15.8 Å². The van der Waals surface area contributed by atoms with Crippen molar-refractivity contribution in [2.24, 2.45) is 11.3 Å². The van der Waals surface area contributed by atoms with Crippen LogP contribution in [0.3, 0.4) is 0 Å². The number of carbonyl (C=O) groups excluding carboxylic acids is 3. The molecule has 0 aromatic carbocycles. The molecule has 2 atom stereocenters. The van der Waals surface area contributed by atoms with Gasteiger partial charge in [-0.2, -0.15) is 0 Å². The van der Waals surface area contributed by atoms with Crippen LogP contribution in [-0.2, 0) is 20.9 Å². The van der Waals surface area contributed by atoms with Crippen molar-refractivity contribution < 1.29 is 18.9 Å². The van der Waals surface area contributed by atoms with Crippen LogP contribution in [0.4, 0.5) is 0 Å². The lowest BCUT2D eigenvalue weighted by molar-refractivity contribution is -0.136. The molecule has 1 fully saturated rings. The Morgan fingerprint density at radius 2 is 2.04 bits per heavy atom. The SMILES string of the molecule is Cc1cc(CNC(=O)C2CCCC(NC(=O)C(C)(C)C)CN(C)C(=O)C2)no1. The van der Waals surface area contributed by atoms with Crippen molar-refractivity contribution in [3.05, 3.63) is 17.5 Å². The molecule has 1 aliphatic rings. The van der Waals surface area contributed by atoms with E-state index in [1.807, 2.05) is 20.8 Å². The van der Waals surface area contributed by atoms with Crippen LogP contribution in [0.15, 0.2) is 10.6 Å². The summed E-state index contributed by atoms with van der Waals surface area (Å²) in [5, 5.41) is 9.75. The lowest BCUT2D eigenvalue weighted by Crippen LogP contribution is -2.47. The molecule has 2 N–H and O–H groups in total. The Morgan fingerprint density at radius 1 is 1.32 bits per heavy atom. The molecule has 2 rings (SSSR count). The molecule has 28 heavy (non-hydrogen) atoms. The third-order valence-corrected chi connectivity index (χ3v) is 4.95. The second kappa shape index (κ2) is 9.21. The van der Waals surface area contributed by atoms with Crippen LogP contribution in [0, 0.1) is 18.3 Å². The minimum absolute atomic E-state index is 0.0326. The van der Waals surface area contributed by atoms with E-state index in [1.165, 1.54) is 0 Å². The fourth-order valence-electron chi connectivity index (χ4n) is 3.17. The number of aryl methyl sites for hydroxylation is 1. The van der Waals surface area contributed by atoms with Crippen LogP contribution in [0.1, 0.15) is 57.9 Å². The predicted octanol–water partition coefficient (Wildman–Crippen LogP) is 1.78. The number of hydrogen-bond acceptors (Lipinski definition) is 5. The van der Waals surface area contributed by atoms with Gasteiger partial charge in [0.2, 0.25) is 17.7 Å². The Kier molecular flexibility index (Phi) is 7.21. The lowest BCUT2D eigenvalue weighted by atomic mass is 9.94. The van der Waals surface area contributed by atoms with Crippen LogP contribution in [0.5, 0.6) is 0 Å². The summed E-state index contributed by atoms with van der Waals surface area (Å²) in [4.78, 5) is 39.1. The molecule has 3 amide bonds. The molecule has 0 saturated carbocycles. The second-order valence-corrected chi connectivity index (χ2v) is 8.67. The van der Waals surface area contributed by atoms with Crippen molar-refractivity contribution in [2.75, 3.05) is 13.6 Å². The van der Waals surface area contributed by atoms with Crippen LogP contribution in [0.2, 0.25) is 0 Å².